The second-order valence-electron chi connectivity index (χ2n) is 8.44. The zero-order valence-electron chi connectivity index (χ0n) is 18.5. The topological polar surface area (TPSA) is 52.7 Å². The molecular formula is C27H22ClN3O2S. The third kappa shape index (κ3) is 4.22. The van der Waals surface area contributed by atoms with Crippen LogP contribution in [0.4, 0.5) is 11.4 Å². The number of anilines is 2. The fourth-order valence-corrected chi connectivity index (χ4v) is 4.81. The van der Waals surface area contributed by atoms with E-state index >= 15 is 0 Å². The highest BCUT2D eigenvalue weighted by atomic mass is 35.5. The standard InChI is InChI=1S/C27H22ClN3O2S/c1-17-6-9-21(10-7-17)31-26(33)22(25(32)29-27(31)34)15-18-8-11-24-19(14-18)12-13-30(24)16-20-4-2-3-5-23(20)28/h2-11,14-15H,12-13,16H2,1H3,(H,29,32,34)/b22-15+. The number of fused-ring (bicyclic) bond motifs is 1. The summed E-state index contributed by atoms with van der Waals surface area (Å²) in [5.41, 5.74) is 5.95. The molecule has 1 saturated heterocycles. The van der Waals surface area contributed by atoms with Crippen LogP contribution in [0.3, 0.4) is 0 Å². The molecule has 0 atom stereocenters. The molecule has 0 spiro atoms. The van der Waals surface area contributed by atoms with Crippen LogP contribution in [0, 0.1) is 6.92 Å². The minimum Gasteiger partial charge on any atom is -0.367 e. The molecule has 2 aliphatic heterocycles. The first kappa shape index (κ1) is 22.3. The second kappa shape index (κ2) is 9.05. The summed E-state index contributed by atoms with van der Waals surface area (Å²) in [6, 6.07) is 21.3. The number of aryl methyl sites for hydroxylation is 1. The van der Waals surface area contributed by atoms with E-state index in [2.05, 4.69) is 10.2 Å². The molecule has 1 fully saturated rings. The van der Waals surface area contributed by atoms with Crippen molar-refractivity contribution >= 4 is 58.2 Å². The van der Waals surface area contributed by atoms with Crippen LogP contribution in [0.1, 0.15) is 22.3 Å². The van der Waals surface area contributed by atoms with Crippen LogP contribution in [0.15, 0.2) is 72.3 Å². The number of hydrogen-bond donors (Lipinski definition) is 1. The first-order valence-electron chi connectivity index (χ1n) is 11.0. The zero-order valence-corrected chi connectivity index (χ0v) is 20.1. The number of benzene rings is 3. The predicted molar refractivity (Wildman–Crippen MR) is 140 cm³/mol. The summed E-state index contributed by atoms with van der Waals surface area (Å²) < 4.78 is 0. The SMILES string of the molecule is Cc1ccc(N2C(=O)/C(=C/c3ccc4c(c3)CCN4Cc3ccccc3Cl)C(=O)NC2=S)cc1. The van der Waals surface area contributed by atoms with Gasteiger partial charge in [-0.2, -0.15) is 0 Å². The van der Waals surface area contributed by atoms with Crippen molar-refractivity contribution in [2.75, 3.05) is 16.3 Å². The van der Waals surface area contributed by atoms with Gasteiger partial charge in [-0.15, -0.1) is 0 Å². The highest BCUT2D eigenvalue weighted by Crippen LogP contribution is 2.32. The average molecular weight is 488 g/mol. The molecule has 0 radical (unpaired) electrons. The van der Waals surface area contributed by atoms with Crippen molar-refractivity contribution in [3.05, 3.63) is 99.6 Å². The lowest BCUT2D eigenvalue weighted by Crippen LogP contribution is -2.54. The normalized spacial score (nSPS) is 16.8. The minimum atomic E-state index is -0.487. The number of carbonyl (C=O) groups is 2. The molecule has 2 heterocycles. The van der Waals surface area contributed by atoms with Crippen LogP contribution in [0.25, 0.3) is 6.08 Å². The molecule has 3 aromatic carbocycles. The molecule has 2 aliphatic rings. The highest BCUT2D eigenvalue weighted by Gasteiger charge is 2.34. The molecule has 1 N–H and O–H groups in total. The van der Waals surface area contributed by atoms with E-state index in [-0.39, 0.29) is 10.7 Å². The van der Waals surface area contributed by atoms with Gasteiger partial charge in [-0.3, -0.25) is 19.8 Å². The van der Waals surface area contributed by atoms with Crippen molar-refractivity contribution in [2.45, 2.75) is 19.9 Å². The van der Waals surface area contributed by atoms with Crippen LogP contribution in [-0.2, 0) is 22.6 Å². The van der Waals surface area contributed by atoms with Crippen LogP contribution in [0.5, 0.6) is 0 Å². The van der Waals surface area contributed by atoms with Gasteiger partial charge in [0, 0.05) is 23.8 Å². The number of nitrogens with zero attached hydrogens (tertiary/aromatic N) is 2. The Labute approximate surface area is 208 Å². The maximum atomic E-state index is 13.2. The largest absolute Gasteiger partial charge is 0.367 e. The molecule has 0 aromatic heterocycles. The third-order valence-corrected chi connectivity index (χ3v) is 6.77. The predicted octanol–water partition coefficient (Wildman–Crippen LogP) is 5.04. The molecule has 0 unspecified atom stereocenters. The van der Waals surface area contributed by atoms with Gasteiger partial charge in [-0.05, 0) is 78.7 Å². The molecule has 0 aliphatic carbocycles. The van der Waals surface area contributed by atoms with Crippen LogP contribution in [0.2, 0.25) is 5.02 Å². The van der Waals surface area contributed by atoms with Gasteiger partial charge >= 0.3 is 0 Å². The Hall–Kier alpha value is -3.48. The molecule has 5 rings (SSSR count). The number of rotatable bonds is 4. The van der Waals surface area contributed by atoms with Gasteiger partial charge in [-0.1, -0.05) is 53.6 Å². The van der Waals surface area contributed by atoms with Gasteiger partial charge in [-0.25, -0.2) is 0 Å². The molecule has 7 heteroatoms. The maximum absolute atomic E-state index is 13.2. The van der Waals surface area contributed by atoms with Crippen molar-refractivity contribution in [1.82, 2.24) is 5.32 Å². The third-order valence-electron chi connectivity index (χ3n) is 6.12. The summed E-state index contributed by atoms with van der Waals surface area (Å²) in [7, 11) is 0. The summed E-state index contributed by atoms with van der Waals surface area (Å²) in [4.78, 5) is 29.5. The van der Waals surface area contributed by atoms with Crippen molar-refractivity contribution in [3.63, 3.8) is 0 Å². The van der Waals surface area contributed by atoms with E-state index in [0.717, 1.165) is 46.9 Å². The Morgan fingerprint density at radius 2 is 1.82 bits per heavy atom. The van der Waals surface area contributed by atoms with Gasteiger partial charge in [0.15, 0.2) is 5.11 Å². The lowest BCUT2D eigenvalue weighted by molar-refractivity contribution is -0.122. The molecular weight excluding hydrogens is 466 g/mol. The number of thiocarbonyl (C=S) groups is 1. The van der Waals surface area contributed by atoms with Crippen molar-refractivity contribution in [2.24, 2.45) is 0 Å². The Morgan fingerprint density at radius 3 is 2.59 bits per heavy atom. The van der Waals surface area contributed by atoms with Crippen molar-refractivity contribution in [3.8, 4) is 0 Å². The summed E-state index contributed by atoms with van der Waals surface area (Å²) >= 11 is 11.6. The van der Waals surface area contributed by atoms with Gasteiger partial charge in [0.05, 0.1) is 5.69 Å². The fourth-order valence-electron chi connectivity index (χ4n) is 4.33. The monoisotopic (exact) mass is 487 g/mol. The molecule has 5 nitrogen and oxygen atoms in total. The van der Waals surface area contributed by atoms with Gasteiger partial charge in [0.2, 0.25) is 0 Å². The van der Waals surface area contributed by atoms with E-state index in [1.54, 1.807) is 6.08 Å². The van der Waals surface area contributed by atoms with Crippen LogP contribution in [-0.4, -0.2) is 23.5 Å². The number of nitrogens with one attached hydrogen (secondary N) is 1. The van der Waals surface area contributed by atoms with E-state index in [1.807, 2.05) is 73.7 Å². The number of hydrogen-bond acceptors (Lipinski definition) is 4. The molecule has 34 heavy (non-hydrogen) atoms. The molecule has 170 valence electrons. The first-order chi connectivity index (χ1) is 16.4. The van der Waals surface area contributed by atoms with Crippen molar-refractivity contribution in [1.29, 1.82) is 0 Å². The lowest BCUT2D eigenvalue weighted by Gasteiger charge is -2.29. The van der Waals surface area contributed by atoms with E-state index in [1.165, 1.54) is 10.5 Å². The van der Waals surface area contributed by atoms with E-state index in [4.69, 9.17) is 23.8 Å². The Balaban J connectivity index is 1.41. The van der Waals surface area contributed by atoms with Crippen LogP contribution >= 0.6 is 23.8 Å². The summed E-state index contributed by atoms with van der Waals surface area (Å²) in [5.74, 6) is -0.919. The Kier molecular flexibility index (Phi) is 5.94. The van der Waals surface area contributed by atoms with Crippen LogP contribution < -0.4 is 15.1 Å². The second-order valence-corrected chi connectivity index (χ2v) is 9.24. The molecule has 0 bridgehead atoms. The quantitative estimate of drug-likeness (QED) is 0.318. The molecule has 3 aromatic rings. The number of halogens is 1. The van der Waals surface area contributed by atoms with Gasteiger partial charge in [0.25, 0.3) is 11.8 Å². The summed E-state index contributed by atoms with van der Waals surface area (Å²) in [6.45, 7) is 3.59. The lowest BCUT2D eigenvalue weighted by atomic mass is 10.0. The molecule has 2 amide bonds. The minimum absolute atomic E-state index is 0.0556. The summed E-state index contributed by atoms with van der Waals surface area (Å²) in [5, 5.41) is 3.49. The van der Waals surface area contributed by atoms with E-state index < -0.39 is 11.8 Å². The fraction of sp³-hybridized carbons (Fsp3) is 0.148. The zero-order chi connectivity index (χ0) is 23.8. The molecule has 0 saturated carbocycles. The Bertz CT molecular complexity index is 1350. The van der Waals surface area contributed by atoms with Gasteiger partial charge in [0.1, 0.15) is 5.57 Å². The van der Waals surface area contributed by atoms with E-state index in [0.29, 0.717) is 5.69 Å². The van der Waals surface area contributed by atoms with E-state index in [9.17, 15) is 9.59 Å². The first-order valence-corrected chi connectivity index (χ1v) is 11.8. The van der Waals surface area contributed by atoms with Gasteiger partial charge < -0.3 is 4.90 Å². The van der Waals surface area contributed by atoms with Crippen molar-refractivity contribution < 1.29 is 9.59 Å². The number of carbonyl (C=O) groups excluding carboxylic acids is 2. The average Bonchev–Trinajstić information content (AvgIpc) is 3.21. The summed E-state index contributed by atoms with van der Waals surface area (Å²) in [6.07, 6.45) is 2.52. The number of amides is 2. The Morgan fingerprint density at radius 1 is 1.06 bits per heavy atom. The smallest absolute Gasteiger partial charge is 0.270 e. The highest BCUT2D eigenvalue weighted by molar-refractivity contribution is 7.80. The maximum Gasteiger partial charge on any atom is 0.270 e.